The fourth-order valence-electron chi connectivity index (χ4n) is 1.34. The summed E-state index contributed by atoms with van der Waals surface area (Å²) in [7, 11) is 0. The monoisotopic (exact) mass is 268 g/mol. The summed E-state index contributed by atoms with van der Waals surface area (Å²) in [6.45, 7) is 1.19. The Bertz CT molecular complexity index is 516. The highest BCUT2D eigenvalue weighted by Gasteiger charge is 2.10. The van der Waals surface area contributed by atoms with Crippen LogP contribution in [0.15, 0.2) is 18.2 Å². The Hall–Kier alpha value is -2.44. The van der Waals surface area contributed by atoms with Crippen LogP contribution in [0.5, 0.6) is 0 Å². The summed E-state index contributed by atoms with van der Waals surface area (Å²) in [6, 6.07) is 3.49. The Morgan fingerprint density at radius 2 is 2.00 bits per heavy atom. The molecule has 0 bridgehead atoms. The molecule has 2 amide bonds. The fraction of sp³-hybridized carbons (Fsp3) is 0.250. The van der Waals surface area contributed by atoms with Crippen molar-refractivity contribution in [3.8, 4) is 0 Å². The van der Waals surface area contributed by atoms with Crippen LogP contribution in [0.1, 0.15) is 23.7 Å². The van der Waals surface area contributed by atoms with Crippen molar-refractivity contribution >= 4 is 23.5 Å². The Labute approximate surface area is 108 Å². The van der Waals surface area contributed by atoms with Crippen LogP contribution in [-0.2, 0) is 9.59 Å². The molecule has 1 aromatic rings. The number of hydrogen-bond donors (Lipinski definition) is 3. The van der Waals surface area contributed by atoms with Gasteiger partial charge in [0.25, 0.3) is 5.91 Å². The van der Waals surface area contributed by atoms with Gasteiger partial charge in [-0.05, 0) is 18.2 Å². The molecule has 0 unspecified atom stereocenters. The number of carbonyl (C=O) groups excluding carboxylic acids is 2. The molecule has 3 N–H and O–H groups in total. The molecular weight excluding hydrogens is 255 g/mol. The summed E-state index contributed by atoms with van der Waals surface area (Å²) in [5.74, 6) is -2.68. The summed E-state index contributed by atoms with van der Waals surface area (Å²) < 4.78 is 13.3. The molecule has 0 heterocycles. The van der Waals surface area contributed by atoms with Gasteiger partial charge in [0.05, 0.1) is 12.1 Å². The molecule has 1 rings (SSSR count). The number of carboxylic acids is 1. The summed E-state index contributed by atoms with van der Waals surface area (Å²) in [5, 5.41) is 13.1. The molecule has 0 atom stereocenters. The number of rotatable bonds is 5. The van der Waals surface area contributed by atoms with Crippen LogP contribution in [0.3, 0.4) is 0 Å². The molecule has 0 aliphatic carbocycles. The van der Waals surface area contributed by atoms with Gasteiger partial charge in [0.1, 0.15) is 5.82 Å². The number of benzene rings is 1. The number of amides is 2. The standard InChI is InChI=1S/C12H13FN2O4/c1-7(16)15-10-6-8(2-3-9(10)13)12(19)14-5-4-11(17)18/h2-3,6H,4-5H2,1H3,(H,14,19)(H,15,16)(H,17,18). The molecule has 0 aliphatic rings. The van der Waals surface area contributed by atoms with Crippen molar-refractivity contribution < 1.29 is 23.9 Å². The van der Waals surface area contributed by atoms with Gasteiger partial charge in [-0.1, -0.05) is 0 Å². The van der Waals surface area contributed by atoms with Crippen LogP contribution in [0.4, 0.5) is 10.1 Å². The molecule has 0 aliphatic heterocycles. The second-order valence-electron chi connectivity index (χ2n) is 3.78. The van der Waals surface area contributed by atoms with Gasteiger partial charge >= 0.3 is 5.97 Å². The summed E-state index contributed by atoms with van der Waals surface area (Å²) >= 11 is 0. The minimum absolute atomic E-state index is 0.0268. The lowest BCUT2D eigenvalue weighted by molar-refractivity contribution is -0.136. The van der Waals surface area contributed by atoms with E-state index in [1.807, 2.05) is 0 Å². The van der Waals surface area contributed by atoms with E-state index in [1.54, 1.807) is 0 Å². The Kier molecular flexibility index (Phi) is 4.99. The second-order valence-corrected chi connectivity index (χ2v) is 3.78. The van der Waals surface area contributed by atoms with E-state index in [2.05, 4.69) is 10.6 Å². The number of nitrogens with one attached hydrogen (secondary N) is 2. The molecule has 0 saturated heterocycles. The highest BCUT2D eigenvalue weighted by atomic mass is 19.1. The SMILES string of the molecule is CC(=O)Nc1cc(C(=O)NCCC(=O)O)ccc1F. The number of carbonyl (C=O) groups is 3. The lowest BCUT2D eigenvalue weighted by Crippen LogP contribution is -2.26. The number of aliphatic carboxylic acids is 1. The maximum absolute atomic E-state index is 13.3. The van der Waals surface area contributed by atoms with Gasteiger partial charge in [-0.2, -0.15) is 0 Å². The fourth-order valence-corrected chi connectivity index (χ4v) is 1.34. The summed E-state index contributed by atoms with van der Waals surface area (Å²) in [5.41, 5.74) is 0.0360. The van der Waals surface area contributed by atoms with E-state index in [4.69, 9.17) is 5.11 Å². The molecule has 1 aromatic carbocycles. The minimum Gasteiger partial charge on any atom is -0.481 e. The molecule has 0 fully saturated rings. The average molecular weight is 268 g/mol. The normalized spacial score (nSPS) is 9.79. The second kappa shape index (κ2) is 6.48. The molecule has 0 aromatic heterocycles. The first-order valence-corrected chi connectivity index (χ1v) is 5.47. The zero-order valence-electron chi connectivity index (χ0n) is 10.2. The largest absolute Gasteiger partial charge is 0.481 e. The van der Waals surface area contributed by atoms with Crippen molar-refractivity contribution in [2.45, 2.75) is 13.3 Å². The maximum atomic E-state index is 13.3. The van der Waals surface area contributed by atoms with Gasteiger partial charge in [-0.25, -0.2) is 4.39 Å². The van der Waals surface area contributed by atoms with Crippen LogP contribution in [0.25, 0.3) is 0 Å². The van der Waals surface area contributed by atoms with Crippen LogP contribution < -0.4 is 10.6 Å². The summed E-state index contributed by atoms with van der Waals surface area (Å²) in [4.78, 5) is 32.8. The molecule has 6 nitrogen and oxygen atoms in total. The van der Waals surface area contributed by atoms with Crippen molar-refractivity contribution in [1.82, 2.24) is 5.32 Å². The van der Waals surface area contributed by atoms with Crippen LogP contribution in [0, 0.1) is 5.82 Å². The Morgan fingerprint density at radius 3 is 2.58 bits per heavy atom. The van der Waals surface area contributed by atoms with Gasteiger partial charge in [0.2, 0.25) is 5.91 Å². The van der Waals surface area contributed by atoms with E-state index in [0.717, 1.165) is 6.07 Å². The first-order valence-electron chi connectivity index (χ1n) is 5.47. The van der Waals surface area contributed by atoms with E-state index in [9.17, 15) is 18.8 Å². The maximum Gasteiger partial charge on any atom is 0.305 e. The number of anilines is 1. The van der Waals surface area contributed by atoms with Gasteiger partial charge in [-0.3, -0.25) is 14.4 Å². The summed E-state index contributed by atoms with van der Waals surface area (Å²) in [6.07, 6.45) is -0.203. The molecule has 102 valence electrons. The van der Waals surface area contributed by atoms with Crippen molar-refractivity contribution in [2.24, 2.45) is 0 Å². The van der Waals surface area contributed by atoms with Crippen LogP contribution >= 0.6 is 0 Å². The Balaban J connectivity index is 2.75. The van der Waals surface area contributed by atoms with Crippen molar-refractivity contribution in [1.29, 1.82) is 0 Å². The van der Waals surface area contributed by atoms with E-state index in [0.29, 0.717) is 0 Å². The first kappa shape index (κ1) is 14.6. The number of hydrogen-bond acceptors (Lipinski definition) is 3. The first-order chi connectivity index (χ1) is 8.90. The minimum atomic E-state index is -1.03. The Morgan fingerprint density at radius 1 is 1.32 bits per heavy atom. The lowest BCUT2D eigenvalue weighted by Gasteiger charge is -2.07. The van der Waals surface area contributed by atoms with Crippen molar-refractivity contribution in [3.63, 3.8) is 0 Å². The molecule has 0 spiro atoms. The smallest absolute Gasteiger partial charge is 0.305 e. The quantitative estimate of drug-likeness (QED) is 0.742. The van der Waals surface area contributed by atoms with Gasteiger partial charge < -0.3 is 15.7 Å². The zero-order chi connectivity index (χ0) is 14.4. The van der Waals surface area contributed by atoms with Crippen LogP contribution in [0.2, 0.25) is 0 Å². The molecular formula is C12H13FN2O4. The van der Waals surface area contributed by atoms with Crippen LogP contribution in [-0.4, -0.2) is 29.4 Å². The van der Waals surface area contributed by atoms with E-state index in [-0.39, 0.29) is 24.2 Å². The zero-order valence-corrected chi connectivity index (χ0v) is 10.2. The third-order valence-electron chi connectivity index (χ3n) is 2.16. The van der Waals surface area contributed by atoms with Gasteiger partial charge in [0, 0.05) is 19.0 Å². The predicted molar refractivity (Wildman–Crippen MR) is 65.3 cm³/mol. The lowest BCUT2D eigenvalue weighted by atomic mass is 10.1. The van der Waals surface area contributed by atoms with Crippen molar-refractivity contribution in [2.75, 3.05) is 11.9 Å². The van der Waals surface area contributed by atoms with E-state index in [1.165, 1.54) is 19.1 Å². The third-order valence-corrected chi connectivity index (χ3v) is 2.16. The van der Waals surface area contributed by atoms with E-state index >= 15 is 0 Å². The highest BCUT2D eigenvalue weighted by molar-refractivity contribution is 5.97. The third kappa shape index (κ3) is 4.74. The van der Waals surface area contributed by atoms with E-state index < -0.39 is 23.6 Å². The number of carboxylic acid groups (broad SMARTS) is 1. The molecule has 19 heavy (non-hydrogen) atoms. The molecule has 0 radical (unpaired) electrons. The molecule has 7 heteroatoms. The predicted octanol–water partition coefficient (Wildman–Crippen LogP) is 0.989. The highest BCUT2D eigenvalue weighted by Crippen LogP contribution is 2.16. The topological polar surface area (TPSA) is 95.5 Å². The average Bonchev–Trinajstić information content (AvgIpc) is 2.30. The van der Waals surface area contributed by atoms with Gasteiger partial charge in [0.15, 0.2) is 0 Å². The van der Waals surface area contributed by atoms with Gasteiger partial charge in [-0.15, -0.1) is 0 Å². The molecule has 0 saturated carbocycles. The number of halogens is 1. The van der Waals surface area contributed by atoms with Crippen molar-refractivity contribution in [3.05, 3.63) is 29.6 Å².